The second-order valence-corrected chi connectivity index (χ2v) is 5.13. The van der Waals surface area contributed by atoms with Gasteiger partial charge in [0.1, 0.15) is 0 Å². The van der Waals surface area contributed by atoms with Crippen molar-refractivity contribution in [2.45, 2.75) is 25.8 Å². The molecule has 21 heavy (non-hydrogen) atoms. The van der Waals surface area contributed by atoms with Gasteiger partial charge in [-0.25, -0.2) is 13.6 Å². The number of urea groups is 1. The van der Waals surface area contributed by atoms with Crippen LogP contribution in [0.3, 0.4) is 0 Å². The lowest BCUT2D eigenvalue weighted by atomic mass is 9.92. The molecule has 2 rings (SSSR count). The van der Waals surface area contributed by atoms with Crippen molar-refractivity contribution in [1.29, 1.82) is 0 Å². The molecule has 2 amide bonds. The van der Waals surface area contributed by atoms with E-state index in [2.05, 4.69) is 5.32 Å². The first-order valence-electron chi connectivity index (χ1n) is 6.64. The molecule has 1 fully saturated rings. The lowest BCUT2D eigenvalue weighted by molar-refractivity contribution is -0.143. The molecular weight excluding hydrogens is 282 g/mol. The molecular formula is C14H16F2N2O3. The number of anilines is 1. The van der Waals surface area contributed by atoms with E-state index >= 15 is 0 Å². The monoisotopic (exact) mass is 298 g/mol. The van der Waals surface area contributed by atoms with Crippen molar-refractivity contribution >= 4 is 17.7 Å². The normalized spacial score (nSPS) is 22.0. The van der Waals surface area contributed by atoms with Crippen molar-refractivity contribution in [3.8, 4) is 0 Å². The molecule has 1 aromatic carbocycles. The van der Waals surface area contributed by atoms with Gasteiger partial charge in [-0.1, -0.05) is 6.07 Å². The summed E-state index contributed by atoms with van der Waals surface area (Å²) in [6.45, 7) is 2.00. The maximum absolute atomic E-state index is 13.5. The van der Waals surface area contributed by atoms with Crippen molar-refractivity contribution in [2.75, 3.05) is 11.9 Å². The van der Waals surface area contributed by atoms with E-state index in [0.29, 0.717) is 12.8 Å². The summed E-state index contributed by atoms with van der Waals surface area (Å²) in [5.41, 5.74) is -0.229. The molecule has 0 bridgehead atoms. The van der Waals surface area contributed by atoms with Crippen LogP contribution in [0.15, 0.2) is 18.2 Å². The molecule has 0 saturated carbocycles. The number of carbonyl (C=O) groups is 2. The molecule has 1 aliphatic heterocycles. The van der Waals surface area contributed by atoms with Crippen LogP contribution < -0.4 is 5.32 Å². The number of nitrogens with one attached hydrogen (secondary N) is 1. The molecule has 5 nitrogen and oxygen atoms in total. The molecule has 7 heteroatoms. The predicted molar refractivity (Wildman–Crippen MR) is 71.9 cm³/mol. The van der Waals surface area contributed by atoms with Crippen LogP contribution in [-0.4, -0.2) is 34.6 Å². The van der Waals surface area contributed by atoms with Crippen molar-refractivity contribution in [2.24, 2.45) is 5.92 Å². The molecule has 2 unspecified atom stereocenters. The number of piperidine rings is 1. The smallest absolute Gasteiger partial charge is 0.322 e. The number of rotatable bonds is 2. The first-order chi connectivity index (χ1) is 9.90. The molecule has 0 aromatic heterocycles. The molecule has 1 aromatic rings. The summed E-state index contributed by atoms with van der Waals surface area (Å²) in [4.78, 5) is 24.5. The van der Waals surface area contributed by atoms with E-state index in [9.17, 15) is 18.4 Å². The number of likely N-dealkylation sites (tertiary alicyclic amines) is 1. The highest BCUT2D eigenvalue weighted by atomic mass is 19.2. The minimum absolute atomic E-state index is 0.229. The predicted octanol–water partition coefficient (Wildman–Crippen LogP) is 2.68. The number of amides is 2. The molecule has 0 radical (unpaired) electrons. The van der Waals surface area contributed by atoms with Crippen LogP contribution >= 0.6 is 0 Å². The third-order valence-electron chi connectivity index (χ3n) is 3.68. The van der Waals surface area contributed by atoms with Gasteiger partial charge >= 0.3 is 12.0 Å². The van der Waals surface area contributed by atoms with E-state index in [-0.39, 0.29) is 18.3 Å². The molecule has 1 saturated heterocycles. The summed E-state index contributed by atoms with van der Waals surface area (Å²) in [6, 6.07) is 2.69. The Kier molecular flexibility index (Phi) is 4.40. The Balaban J connectivity index is 2.04. The van der Waals surface area contributed by atoms with Crippen LogP contribution in [0, 0.1) is 17.6 Å². The van der Waals surface area contributed by atoms with E-state index in [0.717, 1.165) is 6.07 Å². The lowest BCUT2D eigenvalue weighted by Crippen LogP contribution is -2.47. The van der Waals surface area contributed by atoms with Gasteiger partial charge in [-0.15, -0.1) is 0 Å². The zero-order valence-corrected chi connectivity index (χ0v) is 11.5. The summed E-state index contributed by atoms with van der Waals surface area (Å²) in [7, 11) is 0. The SMILES string of the molecule is CC1CC(C(=O)O)CCN1C(=O)Nc1cccc(F)c1F. The Labute approximate surface area is 120 Å². The van der Waals surface area contributed by atoms with Gasteiger partial charge < -0.3 is 15.3 Å². The Morgan fingerprint density at radius 2 is 2.10 bits per heavy atom. The minimum atomic E-state index is -1.11. The standard InChI is InChI=1S/C14H16F2N2O3/c1-8-7-9(13(19)20)5-6-18(8)14(21)17-11-4-2-3-10(15)12(11)16/h2-4,8-9H,5-7H2,1H3,(H,17,21)(H,19,20). The first-order valence-corrected chi connectivity index (χ1v) is 6.64. The minimum Gasteiger partial charge on any atom is -0.481 e. The van der Waals surface area contributed by atoms with Gasteiger partial charge in [0.15, 0.2) is 11.6 Å². The largest absolute Gasteiger partial charge is 0.481 e. The topological polar surface area (TPSA) is 69.6 Å². The number of hydrogen-bond acceptors (Lipinski definition) is 2. The van der Waals surface area contributed by atoms with Crippen molar-refractivity contribution in [3.05, 3.63) is 29.8 Å². The molecule has 1 heterocycles. The maximum atomic E-state index is 13.5. The number of nitrogens with zero attached hydrogens (tertiary/aromatic N) is 1. The van der Waals surface area contributed by atoms with E-state index < -0.39 is 29.6 Å². The van der Waals surface area contributed by atoms with Crippen LogP contribution in [0.1, 0.15) is 19.8 Å². The van der Waals surface area contributed by atoms with Gasteiger partial charge in [0.05, 0.1) is 11.6 Å². The summed E-state index contributed by atoms with van der Waals surface area (Å²) in [5.74, 6) is -3.50. The van der Waals surface area contributed by atoms with Gasteiger partial charge in [0, 0.05) is 12.6 Å². The fraction of sp³-hybridized carbons (Fsp3) is 0.429. The summed E-state index contributed by atoms with van der Waals surface area (Å²) < 4.78 is 26.6. The van der Waals surface area contributed by atoms with Gasteiger partial charge in [0.2, 0.25) is 0 Å². The summed E-state index contributed by atoms with van der Waals surface area (Å²) in [6.07, 6.45) is 0.688. The summed E-state index contributed by atoms with van der Waals surface area (Å²) in [5, 5.41) is 11.3. The van der Waals surface area contributed by atoms with Gasteiger partial charge in [-0.2, -0.15) is 0 Å². The molecule has 1 aliphatic rings. The number of carbonyl (C=O) groups excluding carboxylic acids is 1. The average molecular weight is 298 g/mol. The number of benzene rings is 1. The van der Waals surface area contributed by atoms with Gasteiger partial charge in [0.25, 0.3) is 0 Å². The van der Waals surface area contributed by atoms with Gasteiger partial charge in [-0.05, 0) is 31.9 Å². The average Bonchev–Trinajstić information content (AvgIpc) is 2.43. The van der Waals surface area contributed by atoms with Crippen molar-refractivity contribution in [3.63, 3.8) is 0 Å². The number of carboxylic acid groups (broad SMARTS) is 1. The molecule has 0 spiro atoms. The highest BCUT2D eigenvalue weighted by Gasteiger charge is 2.32. The number of carboxylic acids is 1. The third kappa shape index (κ3) is 3.29. The third-order valence-corrected chi connectivity index (χ3v) is 3.68. The highest BCUT2D eigenvalue weighted by Crippen LogP contribution is 2.24. The fourth-order valence-corrected chi connectivity index (χ4v) is 2.49. The fourth-order valence-electron chi connectivity index (χ4n) is 2.49. The number of halogens is 2. The Morgan fingerprint density at radius 1 is 1.38 bits per heavy atom. The Hall–Kier alpha value is -2.18. The quantitative estimate of drug-likeness (QED) is 0.882. The number of hydrogen-bond donors (Lipinski definition) is 2. The van der Waals surface area contributed by atoms with Crippen LogP contribution in [0.5, 0.6) is 0 Å². The van der Waals surface area contributed by atoms with Crippen LogP contribution in [0.4, 0.5) is 19.3 Å². The zero-order valence-electron chi connectivity index (χ0n) is 11.5. The first kappa shape index (κ1) is 15.2. The molecule has 2 N–H and O–H groups in total. The second kappa shape index (κ2) is 6.07. The molecule has 114 valence electrons. The van der Waals surface area contributed by atoms with E-state index in [1.54, 1.807) is 6.92 Å². The Bertz CT molecular complexity index is 565. The maximum Gasteiger partial charge on any atom is 0.322 e. The van der Waals surface area contributed by atoms with E-state index in [1.165, 1.54) is 17.0 Å². The second-order valence-electron chi connectivity index (χ2n) is 5.13. The van der Waals surface area contributed by atoms with Crippen LogP contribution in [-0.2, 0) is 4.79 Å². The lowest BCUT2D eigenvalue weighted by Gasteiger charge is -2.36. The van der Waals surface area contributed by atoms with Crippen LogP contribution in [0.25, 0.3) is 0 Å². The number of aliphatic carboxylic acids is 1. The van der Waals surface area contributed by atoms with Crippen molar-refractivity contribution in [1.82, 2.24) is 4.90 Å². The highest BCUT2D eigenvalue weighted by molar-refractivity contribution is 5.89. The zero-order chi connectivity index (χ0) is 15.6. The van der Waals surface area contributed by atoms with Crippen LogP contribution in [0.2, 0.25) is 0 Å². The summed E-state index contributed by atoms with van der Waals surface area (Å²) >= 11 is 0. The van der Waals surface area contributed by atoms with Gasteiger partial charge in [-0.3, -0.25) is 4.79 Å². The Morgan fingerprint density at radius 3 is 2.71 bits per heavy atom. The molecule has 2 atom stereocenters. The molecule has 0 aliphatic carbocycles. The van der Waals surface area contributed by atoms with E-state index in [4.69, 9.17) is 5.11 Å². The van der Waals surface area contributed by atoms with E-state index in [1.807, 2.05) is 0 Å². The van der Waals surface area contributed by atoms with Crippen molar-refractivity contribution < 1.29 is 23.5 Å².